The fourth-order valence-electron chi connectivity index (χ4n) is 2.33. The Labute approximate surface area is 101 Å². The summed E-state index contributed by atoms with van der Waals surface area (Å²) < 4.78 is 0.416. The molecule has 0 radical (unpaired) electrons. The van der Waals surface area contributed by atoms with Gasteiger partial charge in [-0.1, -0.05) is 13.8 Å². The van der Waals surface area contributed by atoms with Crippen LogP contribution in [0.5, 0.6) is 0 Å². The van der Waals surface area contributed by atoms with Crippen molar-refractivity contribution in [2.75, 3.05) is 0 Å². The number of nitrogens with zero attached hydrogens (tertiary/aromatic N) is 2. The number of fused-ring (bicyclic) bond motifs is 2. The number of rotatable bonds is 0. The van der Waals surface area contributed by atoms with Crippen molar-refractivity contribution < 1.29 is 4.79 Å². The molecule has 2 atom stereocenters. The Bertz CT molecular complexity index is 496. The first kappa shape index (κ1) is 11.0. The number of halogens is 1. The van der Waals surface area contributed by atoms with Gasteiger partial charge in [0.05, 0.1) is 22.3 Å². The second-order valence-electron chi connectivity index (χ2n) is 4.44. The highest BCUT2D eigenvalue weighted by Gasteiger charge is 2.67. The van der Waals surface area contributed by atoms with E-state index in [-0.39, 0.29) is 11.7 Å². The summed E-state index contributed by atoms with van der Waals surface area (Å²) in [5, 5.41) is 24.1. The molecule has 2 unspecified atom stereocenters. The van der Waals surface area contributed by atoms with E-state index in [9.17, 15) is 10.1 Å². The fraction of sp³-hybridized carbons (Fsp3) is 0.500. The number of nitriles is 2. The van der Waals surface area contributed by atoms with Gasteiger partial charge in [0.25, 0.3) is 0 Å². The molecule has 2 aliphatic heterocycles. The minimum atomic E-state index is -1.41. The van der Waals surface area contributed by atoms with Crippen molar-refractivity contribution in [2.24, 2.45) is 10.8 Å². The third-order valence-corrected chi connectivity index (χ3v) is 4.07. The van der Waals surface area contributed by atoms with Crippen LogP contribution in [0.2, 0.25) is 0 Å². The largest absolute Gasteiger partial charge is 0.358 e. The first-order valence-electron chi connectivity index (χ1n) is 4.71. The molecule has 82 valence electrons. The van der Waals surface area contributed by atoms with Gasteiger partial charge in [-0.2, -0.15) is 10.5 Å². The average Bonchev–Trinajstić information content (AvgIpc) is 2.33. The monoisotopic (exact) mass is 280 g/mol. The highest BCUT2D eigenvalue weighted by atomic mass is 79.9. The normalized spacial score (nSPS) is 34.8. The maximum atomic E-state index is 12.0. The second-order valence-corrected chi connectivity index (χ2v) is 5.23. The van der Waals surface area contributed by atoms with Gasteiger partial charge < -0.3 is 10.6 Å². The van der Waals surface area contributed by atoms with Crippen LogP contribution >= 0.6 is 15.9 Å². The zero-order chi connectivity index (χ0) is 12.1. The van der Waals surface area contributed by atoms with Crippen LogP contribution in [-0.2, 0) is 4.79 Å². The molecular formula is C10H9BrN4O. The summed E-state index contributed by atoms with van der Waals surface area (Å²) in [6.45, 7) is 3.59. The molecule has 0 aromatic rings. The van der Waals surface area contributed by atoms with Gasteiger partial charge in [-0.05, 0) is 15.9 Å². The summed E-state index contributed by atoms with van der Waals surface area (Å²) in [5.74, 6) is -0.413. The second kappa shape index (κ2) is 2.99. The third-order valence-electron chi connectivity index (χ3n) is 3.45. The van der Waals surface area contributed by atoms with E-state index in [0.717, 1.165) is 0 Å². The summed E-state index contributed by atoms with van der Waals surface area (Å²) in [4.78, 5) is 12.0. The molecule has 2 rings (SSSR count). The van der Waals surface area contributed by atoms with Gasteiger partial charge in [-0.15, -0.1) is 0 Å². The lowest BCUT2D eigenvalue weighted by Gasteiger charge is -2.40. The van der Waals surface area contributed by atoms with Gasteiger partial charge in [-0.25, -0.2) is 0 Å². The maximum Gasteiger partial charge on any atom is 0.248 e. The Hall–Kier alpha value is -1.53. The molecule has 2 bridgehead atoms. The Balaban J connectivity index is 2.80. The molecule has 1 saturated heterocycles. The predicted molar refractivity (Wildman–Crippen MR) is 58.5 cm³/mol. The molecule has 0 spiro atoms. The van der Waals surface area contributed by atoms with Crippen LogP contribution in [0.1, 0.15) is 13.8 Å². The SMILES string of the molecule is CC1(C)C2NC(=O)C1(C#N)C(C#N)=C(Br)N2. The standard InChI is InChI=1S/C10H9BrN4O/c1-9(2)7-14-6(11)5(3-12)10(9,4-13)8(16)15-7/h7,14H,1-2H3,(H,15,16). The lowest BCUT2D eigenvalue weighted by atomic mass is 9.62. The summed E-state index contributed by atoms with van der Waals surface area (Å²) in [6, 6.07) is 3.96. The smallest absolute Gasteiger partial charge is 0.248 e. The summed E-state index contributed by atoms with van der Waals surface area (Å²) in [5.41, 5.74) is -1.93. The average molecular weight is 281 g/mol. The quantitative estimate of drug-likeness (QED) is 0.640. The van der Waals surface area contributed by atoms with Crippen molar-refractivity contribution in [3.05, 3.63) is 10.2 Å². The molecule has 0 aromatic carbocycles. The van der Waals surface area contributed by atoms with Gasteiger partial charge in [0, 0.05) is 5.41 Å². The summed E-state index contributed by atoms with van der Waals surface area (Å²) >= 11 is 3.19. The summed E-state index contributed by atoms with van der Waals surface area (Å²) in [7, 11) is 0. The van der Waals surface area contributed by atoms with E-state index in [1.54, 1.807) is 13.8 Å². The Morgan fingerprint density at radius 2 is 2.00 bits per heavy atom. The van der Waals surface area contributed by atoms with Crippen LogP contribution in [0, 0.1) is 33.5 Å². The van der Waals surface area contributed by atoms with Gasteiger partial charge in [0.15, 0.2) is 5.41 Å². The highest BCUT2D eigenvalue weighted by Crippen LogP contribution is 2.54. The van der Waals surface area contributed by atoms with E-state index in [1.807, 2.05) is 12.1 Å². The molecule has 1 fully saturated rings. The molecule has 0 aromatic heterocycles. The van der Waals surface area contributed by atoms with Crippen molar-refractivity contribution in [3.63, 3.8) is 0 Å². The Kier molecular flexibility index (Phi) is 2.05. The van der Waals surface area contributed by atoms with E-state index in [2.05, 4.69) is 26.6 Å². The van der Waals surface area contributed by atoms with E-state index >= 15 is 0 Å². The molecule has 0 aliphatic carbocycles. The molecule has 2 heterocycles. The molecule has 2 N–H and O–H groups in total. The molecule has 16 heavy (non-hydrogen) atoms. The Morgan fingerprint density at radius 3 is 2.50 bits per heavy atom. The molecule has 1 amide bonds. The van der Waals surface area contributed by atoms with Crippen LogP contribution in [0.25, 0.3) is 0 Å². The molecule has 0 saturated carbocycles. The first-order chi connectivity index (χ1) is 7.41. The van der Waals surface area contributed by atoms with Crippen molar-refractivity contribution in [3.8, 4) is 12.1 Å². The number of carbonyl (C=O) groups is 1. The van der Waals surface area contributed by atoms with Gasteiger partial charge >= 0.3 is 0 Å². The maximum absolute atomic E-state index is 12.0. The van der Waals surface area contributed by atoms with Crippen molar-refractivity contribution in [2.45, 2.75) is 20.0 Å². The lowest BCUT2D eigenvalue weighted by molar-refractivity contribution is -0.125. The van der Waals surface area contributed by atoms with E-state index in [0.29, 0.717) is 4.61 Å². The zero-order valence-corrected chi connectivity index (χ0v) is 10.3. The first-order valence-corrected chi connectivity index (χ1v) is 5.50. The number of hydrogen-bond donors (Lipinski definition) is 2. The van der Waals surface area contributed by atoms with Crippen LogP contribution in [-0.4, -0.2) is 12.1 Å². The van der Waals surface area contributed by atoms with Crippen molar-refractivity contribution >= 4 is 21.8 Å². The zero-order valence-electron chi connectivity index (χ0n) is 8.76. The minimum Gasteiger partial charge on any atom is -0.358 e. The molecular weight excluding hydrogens is 272 g/mol. The van der Waals surface area contributed by atoms with E-state index < -0.39 is 16.7 Å². The molecule has 6 heteroatoms. The van der Waals surface area contributed by atoms with Crippen LogP contribution in [0.15, 0.2) is 10.2 Å². The van der Waals surface area contributed by atoms with Crippen LogP contribution < -0.4 is 10.6 Å². The third kappa shape index (κ3) is 0.910. The van der Waals surface area contributed by atoms with Gasteiger partial charge in [0.2, 0.25) is 5.91 Å². The fourth-order valence-corrected chi connectivity index (χ4v) is 2.94. The molecule has 2 aliphatic rings. The highest BCUT2D eigenvalue weighted by molar-refractivity contribution is 9.11. The summed E-state index contributed by atoms with van der Waals surface area (Å²) in [6.07, 6.45) is -0.342. The number of hydrogen-bond acceptors (Lipinski definition) is 4. The number of carbonyl (C=O) groups excluding carboxylic acids is 1. The van der Waals surface area contributed by atoms with Gasteiger partial charge in [0.1, 0.15) is 6.17 Å². The minimum absolute atomic E-state index is 0.145. The van der Waals surface area contributed by atoms with Crippen molar-refractivity contribution in [1.82, 2.24) is 10.6 Å². The topological polar surface area (TPSA) is 88.7 Å². The Morgan fingerprint density at radius 1 is 1.38 bits per heavy atom. The van der Waals surface area contributed by atoms with E-state index in [4.69, 9.17) is 5.26 Å². The predicted octanol–water partition coefficient (Wildman–Crippen LogP) is 0.712. The van der Waals surface area contributed by atoms with E-state index in [1.165, 1.54) is 0 Å². The number of nitrogens with one attached hydrogen (secondary N) is 2. The van der Waals surface area contributed by atoms with Crippen LogP contribution in [0.3, 0.4) is 0 Å². The number of amides is 1. The van der Waals surface area contributed by atoms with Crippen molar-refractivity contribution in [1.29, 1.82) is 10.5 Å². The van der Waals surface area contributed by atoms with Gasteiger partial charge in [-0.3, -0.25) is 4.79 Å². The molecule has 5 nitrogen and oxygen atoms in total. The lowest BCUT2D eigenvalue weighted by Crippen LogP contribution is -2.52. The van der Waals surface area contributed by atoms with Crippen LogP contribution in [0.4, 0.5) is 0 Å².